The zero-order chi connectivity index (χ0) is 51.8. The molecule has 5 atom stereocenters. The summed E-state index contributed by atoms with van der Waals surface area (Å²) in [6.07, 6.45) is 18.8. The molecule has 1 saturated heterocycles. The maximum absolute atomic E-state index is 10.2. The van der Waals surface area contributed by atoms with Crippen LogP contribution in [-0.2, 0) is 42.7 Å². The van der Waals surface area contributed by atoms with Crippen molar-refractivity contribution >= 4 is 12.3 Å². The summed E-state index contributed by atoms with van der Waals surface area (Å²) in [6.45, 7) is 28.7. The van der Waals surface area contributed by atoms with Gasteiger partial charge < -0.3 is 78.8 Å². The van der Waals surface area contributed by atoms with Crippen LogP contribution in [0.5, 0.6) is 0 Å². The normalized spacial score (nSPS) is 13.2. The molecule has 0 aromatic heterocycles. The largest absolute Gasteiger partial charge is 0.481 e. The van der Waals surface area contributed by atoms with Crippen molar-refractivity contribution in [2.24, 2.45) is 0 Å². The van der Waals surface area contributed by atoms with Gasteiger partial charge in [0.05, 0.1) is 43.5 Å². The van der Waals surface area contributed by atoms with E-state index < -0.39 is 18.4 Å². The number of methoxy groups -OCH3 is 3. The number of carbonyl (C=O) groups is 2. The molecule has 1 rings (SSSR count). The molecule has 0 spiro atoms. The van der Waals surface area contributed by atoms with Crippen LogP contribution in [-0.4, -0.2) is 165 Å². The monoisotopic (exact) mass is 949 g/mol. The molecule has 1 heterocycles. The van der Waals surface area contributed by atoms with E-state index >= 15 is 0 Å². The van der Waals surface area contributed by atoms with Gasteiger partial charge in [0.1, 0.15) is 26.7 Å². The SMILES string of the molecule is C=C[C@@H](CC(=O)O)OCOC.C=C[C@@H](CCC)OCOC.C=C[C@@H](CCO)OCOC.C=C[C@H](O)CCC.CCCC(O)O.CCCC=O.CCCCO.CCC[C@@H]1CO1.OCCCO. The highest BCUT2D eigenvalue weighted by Gasteiger charge is 2.19. The van der Waals surface area contributed by atoms with Gasteiger partial charge in [-0.1, -0.05) is 98.0 Å². The number of carboxylic acids is 1. The lowest BCUT2D eigenvalue weighted by Crippen LogP contribution is -2.16. The van der Waals surface area contributed by atoms with Crippen LogP contribution in [0.2, 0.25) is 0 Å². The van der Waals surface area contributed by atoms with Crippen LogP contribution in [0.1, 0.15) is 138 Å². The quantitative estimate of drug-likeness (QED) is 0.0152. The Hall–Kier alpha value is -2.46. The molecule has 394 valence electrons. The fourth-order valence-corrected chi connectivity index (χ4v) is 3.37. The van der Waals surface area contributed by atoms with Crippen LogP contribution in [0.25, 0.3) is 0 Å². The molecule has 65 heavy (non-hydrogen) atoms. The average Bonchev–Trinajstić information content (AvgIpc) is 4.12. The van der Waals surface area contributed by atoms with Crippen molar-refractivity contribution in [2.75, 3.05) is 74.7 Å². The molecule has 0 aromatic rings. The highest BCUT2D eigenvalue weighted by molar-refractivity contribution is 5.67. The first-order valence-electron chi connectivity index (χ1n) is 22.7. The third-order valence-corrected chi connectivity index (χ3v) is 7.00. The second kappa shape index (κ2) is 78.7. The molecule has 17 nitrogen and oxygen atoms in total. The van der Waals surface area contributed by atoms with E-state index in [1.54, 1.807) is 26.4 Å². The molecule has 0 saturated carbocycles. The van der Waals surface area contributed by atoms with Gasteiger partial charge in [0, 0.05) is 60.6 Å². The molecule has 0 aliphatic carbocycles. The zero-order valence-electron chi connectivity index (χ0n) is 42.2. The Balaban J connectivity index is -0.0000000952. The van der Waals surface area contributed by atoms with Gasteiger partial charge in [0.15, 0.2) is 6.29 Å². The number of aliphatic hydroxyl groups is 7. The van der Waals surface area contributed by atoms with Crippen LogP contribution in [0, 0.1) is 0 Å². The van der Waals surface area contributed by atoms with E-state index in [4.69, 9.17) is 64.5 Å². The Morgan fingerprint density at radius 2 is 1.03 bits per heavy atom. The first-order chi connectivity index (χ1) is 31.1. The Morgan fingerprint density at radius 3 is 1.20 bits per heavy atom. The highest BCUT2D eigenvalue weighted by atomic mass is 16.7. The standard InChI is InChI=1S/C8H16O2.C7H12O4.C7H14O3.C6H12O.C5H10O.C4H10O2.C4H10O.C4H8O.C3H8O2/c1-4-6-8(5-2)10-7-9-3;1-3-6(4-7(8)9)11-5-10-2;1-3-7(4-5-8)10-6-9-2;1-3-5-6(7)4-2;1-2-3-5-4-6-5;1-2-3-4(5)6;2*1-2-3-4-5;4-2-1-3-5/h5,8H,2,4,6-7H2,1,3H3;3,6H,1,4-5H2,2H3,(H,8,9);3,7-8H,1,4-6H2,2H3;4,6-7H,2-3,5H2,1H3;5H,2-4H2,1H3;4-6H,2-3H2,1H3;5H,2-4H2,1H3;4H,2-3H2,1H3;4-5H,1-3H2/t8-;6-;7-;6-;5-;;;;/m00001..../s1. The lowest BCUT2D eigenvalue weighted by atomic mass is 10.2. The fourth-order valence-electron chi connectivity index (χ4n) is 3.37. The van der Waals surface area contributed by atoms with Gasteiger partial charge in [-0.3, -0.25) is 4.79 Å². The number of unbranched alkanes of at least 4 members (excludes halogenated alkanes) is 2. The molecule has 0 amide bonds. The minimum atomic E-state index is -1.10. The highest BCUT2D eigenvalue weighted by Crippen LogP contribution is 2.14. The van der Waals surface area contributed by atoms with Crippen LogP contribution in [0.4, 0.5) is 0 Å². The van der Waals surface area contributed by atoms with Crippen LogP contribution in [0.3, 0.4) is 0 Å². The van der Waals surface area contributed by atoms with Gasteiger partial charge in [0.2, 0.25) is 0 Å². The number of aliphatic carboxylic acids is 1. The van der Waals surface area contributed by atoms with Gasteiger partial charge in [-0.25, -0.2) is 0 Å². The number of hydrogen-bond acceptors (Lipinski definition) is 16. The molecule has 8 N–H and O–H groups in total. The van der Waals surface area contributed by atoms with Crippen molar-refractivity contribution in [3.8, 4) is 0 Å². The van der Waals surface area contributed by atoms with Gasteiger partial charge in [-0.2, -0.15) is 0 Å². The summed E-state index contributed by atoms with van der Waals surface area (Å²) in [5.41, 5.74) is 0. The third-order valence-electron chi connectivity index (χ3n) is 7.00. The second-order valence-corrected chi connectivity index (χ2v) is 13.4. The predicted octanol–water partition coefficient (Wildman–Crippen LogP) is 6.88. The van der Waals surface area contributed by atoms with Crippen molar-refractivity contribution in [3.05, 3.63) is 50.6 Å². The van der Waals surface area contributed by atoms with Gasteiger partial charge in [-0.05, 0) is 44.9 Å². The van der Waals surface area contributed by atoms with Gasteiger partial charge >= 0.3 is 5.97 Å². The number of aliphatic hydroxyl groups excluding tert-OH is 6. The smallest absolute Gasteiger partial charge is 0.306 e. The summed E-state index contributed by atoms with van der Waals surface area (Å²) in [5, 5.41) is 65.7. The molecular formula is C48H100O17. The molecular weight excluding hydrogens is 849 g/mol. The van der Waals surface area contributed by atoms with Crippen molar-refractivity contribution in [1.82, 2.24) is 0 Å². The topological polar surface area (TPSA) is 264 Å². The van der Waals surface area contributed by atoms with E-state index in [9.17, 15) is 9.59 Å². The predicted molar refractivity (Wildman–Crippen MR) is 260 cm³/mol. The van der Waals surface area contributed by atoms with Crippen molar-refractivity contribution in [3.63, 3.8) is 0 Å². The number of rotatable bonds is 31. The number of hydrogen-bond donors (Lipinski definition) is 8. The number of carbonyl (C=O) groups excluding carboxylic acids is 1. The maximum Gasteiger partial charge on any atom is 0.306 e. The number of epoxide rings is 1. The second-order valence-electron chi connectivity index (χ2n) is 13.4. The van der Waals surface area contributed by atoms with Gasteiger partial charge in [0.25, 0.3) is 0 Å². The van der Waals surface area contributed by atoms with E-state index in [-0.39, 0.29) is 58.1 Å². The van der Waals surface area contributed by atoms with Crippen molar-refractivity contribution in [1.29, 1.82) is 0 Å². The molecule has 1 aliphatic rings. The minimum Gasteiger partial charge on any atom is -0.481 e. The number of carboxylic acid groups (broad SMARTS) is 1. The van der Waals surface area contributed by atoms with Crippen LogP contribution < -0.4 is 0 Å². The molecule has 0 radical (unpaired) electrons. The van der Waals surface area contributed by atoms with E-state index in [1.165, 1.54) is 26.0 Å². The molecule has 1 fully saturated rings. The Bertz CT molecular complexity index is 841. The number of aldehydes is 1. The summed E-state index contributed by atoms with van der Waals surface area (Å²) in [6, 6.07) is 0. The molecule has 0 unspecified atom stereocenters. The summed E-state index contributed by atoms with van der Waals surface area (Å²) in [5.74, 6) is -0.911. The Labute approximate surface area is 395 Å². The summed E-state index contributed by atoms with van der Waals surface area (Å²) in [7, 11) is 4.64. The molecule has 0 aromatic carbocycles. The first-order valence-corrected chi connectivity index (χ1v) is 22.7. The van der Waals surface area contributed by atoms with E-state index in [1.807, 2.05) is 26.8 Å². The first kappa shape index (κ1) is 79.6. The molecule has 1 aliphatic heterocycles. The number of ether oxygens (including phenoxy) is 7. The molecule has 17 heteroatoms. The van der Waals surface area contributed by atoms with E-state index in [0.29, 0.717) is 45.2 Å². The average molecular weight is 949 g/mol. The lowest BCUT2D eigenvalue weighted by molar-refractivity contribution is -0.141. The Kier molecular flexibility index (Phi) is 96.4. The zero-order valence-corrected chi connectivity index (χ0v) is 42.2. The van der Waals surface area contributed by atoms with Gasteiger partial charge in [-0.15, -0.1) is 26.3 Å². The lowest BCUT2D eigenvalue weighted by Gasteiger charge is -2.10. The van der Waals surface area contributed by atoms with Crippen molar-refractivity contribution in [2.45, 2.75) is 175 Å². The van der Waals surface area contributed by atoms with Crippen LogP contribution >= 0.6 is 0 Å². The van der Waals surface area contributed by atoms with Crippen molar-refractivity contribution < 1.29 is 83.6 Å². The summed E-state index contributed by atoms with van der Waals surface area (Å²) >= 11 is 0. The van der Waals surface area contributed by atoms with E-state index in [0.717, 1.165) is 64.3 Å². The third kappa shape index (κ3) is 105. The fraction of sp³-hybridized carbons (Fsp3) is 0.792. The maximum atomic E-state index is 10.2. The Morgan fingerprint density at radius 1 is 0.600 bits per heavy atom. The summed E-state index contributed by atoms with van der Waals surface area (Å²) < 4.78 is 34.2. The van der Waals surface area contributed by atoms with Crippen LogP contribution in [0.15, 0.2) is 50.6 Å². The molecule has 0 bridgehead atoms. The minimum absolute atomic E-state index is 0.0765. The summed E-state index contributed by atoms with van der Waals surface area (Å²) in [4.78, 5) is 19.6. The van der Waals surface area contributed by atoms with E-state index in [2.05, 4.69) is 56.6 Å².